The smallest absolute Gasteiger partial charge is 0.219 e. The number of hydrogen-bond donors (Lipinski definition) is 2. The van der Waals surface area contributed by atoms with Crippen molar-refractivity contribution in [1.82, 2.24) is 15.6 Å². The Morgan fingerprint density at radius 3 is 2.37 bits per heavy atom. The largest absolute Gasteiger partial charge is 0.493 e. The maximum absolute atomic E-state index is 5.85. The van der Waals surface area contributed by atoms with E-state index in [-0.39, 0.29) is 24.0 Å². The molecule has 2 aromatic rings. The van der Waals surface area contributed by atoms with Gasteiger partial charge < -0.3 is 24.8 Å². The zero-order valence-corrected chi connectivity index (χ0v) is 18.0. The maximum Gasteiger partial charge on any atom is 0.219 e. The molecule has 1 aromatic heterocycles. The highest BCUT2D eigenvalue weighted by atomic mass is 127. The molecule has 0 aliphatic carbocycles. The van der Waals surface area contributed by atoms with Gasteiger partial charge in [0.15, 0.2) is 17.5 Å². The number of nitrogens with one attached hydrogen (secondary N) is 2. The summed E-state index contributed by atoms with van der Waals surface area (Å²) < 4.78 is 16.5. The summed E-state index contributed by atoms with van der Waals surface area (Å²) in [7, 11) is 4.88. The number of aliphatic imine (C=N–C) groups is 1. The second-order valence-corrected chi connectivity index (χ2v) is 5.19. The van der Waals surface area contributed by atoms with Gasteiger partial charge in [-0.1, -0.05) is 18.2 Å². The van der Waals surface area contributed by atoms with E-state index in [9.17, 15) is 0 Å². The molecule has 1 heterocycles. The first-order chi connectivity index (χ1) is 12.7. The molecule has 2 rings (SSSR count). The topological polar surface area (TPSA) is 77.0 Å². The standard InChI is InChI=1S/C19H24N4O3.HI/c1-5-11-21-19(20-2)23-13-14-9-10-17(22-12-14)26-18-15(24-3)7-6-8-16(18)25-4;/h5-10,12H,1,11,13H2,2-4H3,(H2,20,21,23);1H. The SMILES string of the molecule is C=CCNC(=NC)NCc1ccc(Oc2c(OC)cccc2OC)nc1.I. The zero-order chi connectivity index (χ0) is 18.8. The van der Waals surface area contributed by atoms with Gasteiger partial charge in [-0.05, 0) is 17.7 Å². The number of methoxy groups -OCH3 is 2. The second-order valence-electron chi connectivity index (χ2n) is 5.19. The van der Waals surface area contributed by atoms with Crippen LogP contribution in [0.25, 0.3) is 0 Å². The highest BCUT2D eigenvalue weighted by Crippen LogP contribution is 2.39. The van der Waals surface area contributed by atoms with Gasteiger partial charge in [0.1, 0.15) is 0 Å². The predicted octanol–water partition coefficient (Wildman–Crippen LogP) is 3.36. The van der Waals surface area contributed by atoms with Crippen LogP contribution < -0.4 is 24.8 Å². The first-order valence-electron chi connectivity index (χ1n) is 8.11. The van der Waals surface area contributed by atoms with Crippen molar-refractivity contribution in [2.24, 2.45) is 4.99 Å². The van der Waals surface area contributed by atoms with Crippen LogP contribution in [-0.2, 0) is 6.54 Å². The van der Waals surface area contributed by atoms with Crippen LogP contribution >= 0.6 is 24.0 Å². The molecule has 0 saturated carbocycles. The van der Waals surface area contributed by atoms with E-state index in [1.165, 1.54) is 0 Å². The molecule has 7 nitrogen and oxygen atoms in total. The van der Waals surface area contributed by atoms with Crippen molar-refractivity contribution >= 4 is 29.9 Å². The summed E-state index contributed by atoms with van der Waals surface area (Å²) in [5.74, 6) is 2.79. The highest BCUT2D eigenvalue weighted by Gasteiger charge is 2.13. The summed E-state index contributed by atoms with van der Waals surface area (Å²) in [5.41, 5.74) is 0.992. The van der Waals surface area contributed by atoms with Gasteiger partial charge in [0.25, 0.3) is 0 Å². The van der Waals surface area contributed by atoms with Crippen molar-refractivity contribution in [3.05, 3.63) is 54.7 Å². The summed E-state index contributed by atoms with van der Waals surface area (Å²) in [5, 5.41) is 6.30. The van der Waals surface area contributed by atoms with Gasteiger partial charge in [0.2, 0.25) is 11.6 Å². The number of rotatable bonds is 8. The van der Waals surface area contributed by atoms with E-state index in [0.717, 1.165) is 5.56 Å². The van der Waals surface area contributed by atoms with Crippen molar-refractivity contribution < 1.29 is 14.2 Å². The Morgan fingerprint density at radius 2 is 1.85 bits per heavy atom. The minimum absolute atomic E-state index is 0. The van der Waals surface area contributed by atoms with Crippen LogP contribution in [0.5, 0.6) is 23.1 Å². The summed E-state index contributed by atoms with van der Waals surface area (Å²) in [4.78, 5) is 8.47. The van der Waals surface area contributed by atoms with Crippen LogP contribution in [-0.4, -0.2) is 38.8 Å². The average molecular weight is 484 g/mol. The van der Waals surface area contributed by atoms with E-state index >= 15 is 0 Å². The molecule has 0 saturated heterocycles. The molecule has 8 heteroatoms. The molecule has 0 aliphatic heterocycles. The van der Waals surface area contributed by atoms with Crippen molar-refractivity contribution in [3.63, 3.8) is 0 Å². The molecule has 0 atom stereocenters. The minimum Gasteiger partial charge on any atom is -0.493 e. The Labute approximate surface area is 176 Å². The first kappa shape index (κ1) is 22.6. The summed E-state index contributed by atoms with van der Waals surface area (Å²) >= 11 is 0. The fourth-order valence-corrected chi connectivity index (χ4v) is 2.17. The number of nitrogens with zero attached hydrogens (tertiary/aromatic N) is 2. The zero-order valence-electron chi connectivity index (χ0n) is 15.7. The van der Waals surface area contributed by atoms with Crippen molar-refractivity contribution in [2.75, 3.05) is 27.8 Å². The van der Waals surface area contributed by atoms with E-state index < -0.39 is 0 Å². The normalized spacial score (nSPS) is 10.4. The first-order valence-corrected chi connectivity index (χ1v) is 8.11. The third kappa shape index (κ3) is 6.63. The van der Waals surface area contributed by atoms with Crippen LogP contribution in [0.2, 0.25) is 0 Å². The molecule has 0 unspecified atom stereocenters. The number of para-hydroxylation sites is 1. The molecule has 0 fully saturated rings. The van der Waals surface area contributed by atoms with Crippen LogP contribution in [0, 0.1) is 0 Å². The lowest BCUT2D eigenvalue weighted by Gasteiger charge is -2.13. The molecule has 0 radical (unpaired) electrons. The van der Waals surface area contributed by atoms with Crippen molar-refractivity contribution in [2.45, 2.75) is 6.54 Å². The van der Waals surface area contributed by atoms with Crippen molar-refractivity contribution in [1.29, 1.82) is 0 Å². The number of guanidine groups is 1. The third-order valence-corrected chi connectivity index (χ3v) is 3.48. The summed E-state index contributed by atoms with van der Waals surface area (Å²) in [6.07, 6.45) is 3.51. The van der Waals surface area contributed by atoms with Gasteiger partial charge >= 0.3 is 0 Å². The molecule has 27 heavy (non-hydrogen) atoms. The molecule has 0 aliphatic rings. The number of aromatic nitrogens is 1. The fraction of sp³-hybridized carbons (Fsp3) is 0.263. The molecule has 146 valence electrons. The van der Waals surface area contributed by atoms with Gasteiger partial charge in [-0.25, -0.2) is 4.98 Å². The predicted molar refractivity (Wildman–Crippen MR) is 118 cm³/mol. The molecular weight excluding hydrogens is 459 g/mol. The lowest BCUT2D eigenvalue weighted by molar-refractivity contribution is 0.342. The molecule has 0 bridgehead atoms. The number of halogens is 1. The Balaban J connectivity index is 0.00000364. The number of hydrogen-bond acceptors (Lipinski definition) is 5. The molecule has 0 spiro atoms. The number of benzene rings is 1. The van der Waals surface area contributed by atoms with E-state index in [0.29, 0.717) is 42.2 Å². The Morgan fingerprint density at radius 1 is 1.15 bits per heavy atom. The minimum atomic E-state index is 0. The van der Waals surface area contributed by atoms with Gasteiger partial charge in [0, 0.05) is 32.4 Å². The molecule has 1 aromatic carbocycles. The van der Waals surface area contributed by atoms with E-state index in [1.807, 2.05) is 12.1 Å². The number of ether oxygens (including phenoxy) is 3. The number of pyridine rings is 1. The Kier molecular flexibility index (Phi) is 10.0. The lowest BCUT2D eigenvalue weighted by Crippen LogP contribution is -2.36. The van der Waals surface area contributed by atoms with Gasteiger partial charge in [-0.3, -0.25) is 4.99 Å². The Hall–Kier alpha value is -2.49. The van der Waals surface area contributed by atoms with Gasteiger partial charge in [-0.2, -0.15) is 0 Å². The van der Waals surface area contributed by atoms with Gasteiger partial charge in [-0.15, -0.1) is 30.6 Å². The molecular formula is C19H25IN4O3. The highest BCUT2D eigenvalue weighted by molar-refractivity contribution is 14.0. The fourth-order valence-electron chi connectivity index (χ4n) is 2.17. The van der Waals surface area contributed by atoms with Crippen LogP contribution in [0.15, 0.2) is 54.2 Å². The van der Waals surface area contributed by atoms with Gasteiger partial charge in [0.05, 0.1) is 14.2 Å². The Bertz CT molecular complexity index is 729. The van der Waals surface area contributed by atoms with E-state index in [4.69, 9.17) is 14.2 Å². The van der Waals surface area contributed by atoms with Crippen LogP contribution in [0.3, 0.4) is 0 Å². The van der Waals surface area contributed by atoms with E-state index in [2.05, 4.69) is 27.2 Å². The lowest BCUT2D eigenvalue weighted by atomic mass is 10.3. The quantitative estimate of drug-likeness (QED) is 0.259. The second kappa shape index (κ2) is 12.0. The maximum atomic E-state index is 5.85. The van der Waals surface area contributed by atoms with Crippen LogP contribution in [0.4, 0.5) is 0 Å². The molecule has 0 amide bonds. The monoisotopic (exact) mass is 484 g/mol. The molecule has 2 N–H and O–H groups in total. The van der Waals surface area contributed by atoms with E-state index in [1.54, 1.807) is 51.7 Å². The summed E-state index contributed by atoms with van der Waals surface area (Å²) in [6.45, 7) is 4.90. The third-order valence-electron chi connectivity index (χ3n) is 3.48. The van der Waals surface area contributed by atoms with Crippen LogP contribution in [0.1, 0.15) is 5.56 Å². The average Bonchev–Trinajstić information content (AvgIpc) is 2.69. The van der Waals surface area contributed by atoms with Crippen molar-refractivity contribution in [3.8, 4) is 23.1 Å². The summed E-state index contributed by atoms with van der Waals surface area (Å²) in [6, 6.07) is 9.16.